The molecule has 0 rings (SSSR count). The summed E-state index contributed by atoms with van der Waals surface area (Å²) in [5.74, 6) is -6.32. The number of carbonyl (C=O) groups excluding carboxylic acids is 2. The van der Waals surface area contributed by atoms with Crippen molar-refractivity contribution >= 4 is 11.9 Å². The second-order valence-electron chi connectivity index (χ2n) is 4.40. The van der Waals surface area contributed by atoms with E-state index in [2.05, 4.69) is 9.47 Å². The molecule has 0 aliphatic heterocycles. The highest BCUT2D eigenvalue weighted by atomic mass is 19.3. The summed E-state index contributed by atoms with van der Waals surface area (Å²) in [7, 11) is 0.848. The van der Waals surface area contributed by atoms with Gasteiger partial charge in [0.05, 0.1) is 12.5 Å². The van der Waals surface area contributed by atoms with Crippen molar-refractivity contribution in [3.63, 3.8) is 0 Å². The zero-order valence-corrected chi connectivity index (χ0v) is 10.7. The Balaban J connectivity index is 4.71. The van der Waals surface area contributed by atoms with E-state index in [1.54, 1.807) is 20.8 Å². The highest BCUT2D eigenvalue weighted by Gasteiger charge is 2.49. The van der Waals surface area contributed by atoms with Crippen LogP contribution in [0, 0.1) is 5.41 Å². The number of hydrogen-bond acceptors (Lipinski definition) is 4. The minimum Gasteiger partial charge on any atom is -0.464 e. The van der Waals surface area contributed by atoms with Gasteiger partial charge < -0.3 is 9.47 Å². The van der Waals surface area contributed by atoms with E-state index in [0.29, 0.717) is 6.42 Å². The summed E-state index contributed by atoms with van der Waals surface area (Å²) < 4.78 is 35.2. The summed E-state index contributed by atoms with van der Waals surface area (Å²) in [6, 6.07) is 0. The summed E-state index contributed by atoms with van der Waals surface area (Å²) in [6.45, 7) is 5.86. The van der Waals surface area contributed by atoms with Crippen molar-refractivity contribution < 1.29 is 27.8 Å². The number of esters is 2. The van der Waals surface area contributed by atoms with Gasteiger partial charge in [-0.3, -0.25) is 4.79 Å². The molecule has 0 aliphatic carbocycles. The van der Waals surface area contributed by atoms with Crippen LogP contribution in [0.4, 0.5) is 8.78 Å². The van der Waals surface area contributed by atoms with Crippen LogP contribution in [-0.2, 0) is 19.1 Å². The molecular formula is C11H18F2O4. The van der Waals surface area contributed by atoms with Crippen molar-refractivity contribution in [3.05, 3.63) is 0 Å². The Morgan fingerprint density at radius 1 is 1.24 bits per heavy atom. The Hall–Kier alpha value is -1.20. The Morgan fingerprint density at radius 3 is 2.06 bits per heavy atom. The molecule has 0 radical (unpaired) electrons. The van der Waals surface area contributed by atoms with Crippen LogP contribution in [0.25, 0.3) is 0 Å². The molecule has 0 aromatic rings. The summed E-state index contributed by atoms with van der Waals surface area (Å²) in [6.07, 6.45) is -1.41. The number of halogens is 2. The van der Waals surface area contributed by atoms with Crippen LogP contribution < -0.4 is 0 Å². The molecule has 0 aromatic carbocycles. The molecule has 6 heteroatoms. The Labute approximate surface area is 99.3 Å². The third-order valence-corrected chi connectivity index (χ3v) is 2.69. The van der Waals surface area contributed by atoms with Gasteiger partial charge in [0, 0.05) is 0 Å². The molecule has 0 aromatic heterocycles. The number of hydrogen-bond donors (Lipinski definition) is 0. The molecular weight excluding hydrogens is 234 g/mol. The number of methoxy groups -OCH3 is 1. The van der Waals surface area contributed by atoms with Crippen molar-refractivity contribution in [3.8, 4) is 0 Å². The lowest BCUT2D eigenvalue weighted by Crippen LogP contribution is -2.44. The predicted octanol–water partition coefficient (Wildman–Crippen LogP) is 2.16. The average Bonchev–Trinajstić information content (AvgIpc) is 2.27. The summed E-state index contributed by atoms with van der Waals surface area (Å²) in [4.78, 5) is 22.4. The predicted molar refractivity (Wildman–Crippen MR) is 56.6 cm³/mol. The maximum absolute atomic E-state index is 13.3. The minimum absolute atomic E-state index is 0.447. The van der Waals surface area contributed by atoms with Gasteiger partial charge in [-0.2, -0.15) is 8.78 Å². The van der Waals surface area contributed by atoms with Gasteiger partial charge in [0.15, 0.2) is 6.10 Å². The fourth-order valence-electron chi connectivity index (χ4n) is 0.840. The fraction of sp³-hybridized carbons (Fsp3) is 0.818. The lowest BCUT2D eigenvalue weighted by atomic mass is 9.90. The fourth-order valence-corrected chi connectivity index (χ4v) is 0.840. The second-order valence-corrected chi connectivity index (χ2v) is 4.40. The molecule has 100 valence electrons. The third kappa shape index (κ3) is 3.64. The smallest absolute Gasteiger partial charge is 0.380 e. The monoisotopic (exact) mass is 252 g/mol. The van der Waals surface area contributed by atoms with E-state index in [0.717, 1.165) is 14.0 Å². The third-order valence-electron chi connectivity index (χ3n) is 2.69. The Bertz CT molecular complexity index is 300. The van der Waals surface area contributed by atoms with Crippen LogP contribution >= 0.6 is 0 Å². The van der Waals surface area contributed by atoms with E-state index >= 15 is 0 Å². The van der Waals surface area contributed by atoms with Crippen molar-refractivity contribution in [2.24, 2.45) is 5.41 Å². The molecule has 4 nitrogen and oxygen atoms in total. The van der Waals surface area contributed by atoms with Crippen LogP contribution in [0.2, 0.25) is 0 Å². The molecule has 1 atom stereocenters. The SMILES string of the molecule is CCC(C)(C)C(=O)OC(C)C(F)(F)C(=O)OC. The standard InChI is InChI=1S/C11H18F2O4/c1-6-10(3,4)8(14)17-7(2)11(12,13)9(15)16-5/h7H,6H2,1-5H3. The molecule has 0 fully saturated rings. The van der Waals surface area contributed by atoms with E-state index < -0.39 is 29.4 Å². The van der Waals surface area contributed by atoms with Gasteiger partial charge >= 0.3 is 17.9 Å². The zero-order chi connectivity index (χ0) is 13.9. The highest BCUT2D eigenvalue weighted by molar-refractivity contribution is 5.80. The first-order valence-electron chi connectivity index (χ1n) is 5.27. The first kappa shape index (κ1) is 15.8. The maximum atomic E-state index is 13.3. The highest BCUT2D eigenvalue weighted by Crippen LogP contribution is 2.27. The number of ether oxygens (including phenoxy) is 2. The summed E-state index contributed by atoms with van der Waals surface area (Å²) in [5.41, 5.74) is -0.861. The normalized spacial score (nSPS) is 14.1. The van der Waals surface area contributed by atoms with Crippen LogP contribution in [0.5, 0.6) is 0 Å². The molecule has 0 saturated heterocycles. The topological polar surface area (TPSA) is 52.6 Å². The minimum atomic E-state index is -3.84. The van der Waals surface area contributed by atoms with E-state index in [1.807, 2.05) is 0 Å². The molecule has 17 heavy (non-hydrogen) atoms. The van der Waals surface area contributed by atoms with Gasteiger partial charge in [-0.1, -0.05) is 6.92 Å². The summed E-state index contributed by atoms with van der Waals surface area (Å²) >= 11 is 0. The average molecular weight is 252 g/mol. The van der Waals surface area contributed by atoms with Crippen molar-refractivity contribution in [2.75, 3.05) is 7.11 Å². The van der Waals surface area contributed by atoms with E-state index in [9.17, 15) is 18.4 Å². The van der Waals surface area contributed by atoms with Crippen LogP contribution in [-0.4, -0.2) is 31.1 Å². The van der Waals surface area contributed by atoms with Gasteiger partial charge in [0.25, 0.3) is 0 Å². The van der Waals surface area contributed by atoms with E-state index in [1.165, 1.54) is 0 Å². The van der Waals surface area contributed by atoms with Gasteiger partial charge in [-0.05, 0) is 27.2 Å². The van der Waals surface area contributed by atoms with Crippen molar-refractivity contribution in [2.45, 2.75) is 46.1 Å². The molecule has 0 bridgehead atoms. The zero-order valence-electron chi connectivity index (χ0n) is 10.7. The van der Waals surface area contributed by atoms with Gasteiger partial charge in [-0.25, -0.2) is 4.79 Å². The van der Waals surface area contributed by atoms with Crippen LogP contribution in [0.1, 0.15) is 34.1 Å². The second kappa shape index (κ2) is 5.42. The van der Waals surface area contributed by atoms with Crippen LogP contribution in [0.3, 0.4) is 0 Å². The first-order valence-corrected chi connectivity index (χ1v) is 5.27. The quantitative estimate of drug-likeness (QED) is 0.703. The molecule has 1 unspecified atom stereocenters. The number of alkyl halides is 2. The number of carbonyl (C=O) groups is 2. The van der Waals surface area contributed by atoms with Gasteiger partial charge in [-0.15, -0.1) is 0 Å². The van der Waals surface area contributed by atoms with E-state index in [-0.39, 0.29) is 0 Å². The first-order chi connectivity index (χ1) is 7.59. The molecule has 0 heterocycles. The van der Waals surface area contributed by atoms with Crippen molar-refractivity contribution in [1.82, 2.24) is 0 Å². The molecule has 0 spiro atoms. The maximum Gasteiger partial charge on any atom is 0.380 e. The van der Waals surface area contributed by atoms with Gasteiger partial charge in [0.2, 0.25) is 0 Å². The molecule has 0 amide bonds. The lowest BCUT2D eigenvalue weighted by Gasteiger charge is -2.26. The lowest BCUT2D eigenvalue weighted by molar-refractivity contribution is -0.197. The van der Waals surface area contributed by atoms with Crippen molar-refractivity contribution in [1.29, 1.82) is 0 Å². The van der Waals surface area contributed by atoms with Gasteiger partial charge in [0.1, 0.15) is 0 Å². The van der Waals surface area contributed by atoms with E-state index in [4.69, 9.17) is 0 Å². The molecule has 0 N–H and O–H groups in total. The summed E-state index contributed by atoms with van der Waals surface area (Å²) in [5, 5.41) is 0. The molecule has 0 saturated carbocycles. The van der Waals surface area contributed by atoms with Crippen LogP contribution in [0.15, 0.2) is 0 Å². The Kier molecular flexibility index (Phi) is 5.04. The largest absolute Gasteiger partial charge is 0.464 e. The Morgan fingerprint density at radius 2 is 1.71 bits per heavy atom. The molecule has 0 aliphatic rings. The number of rotatable bonds is 5.